The number of hydrogen-bond donors (Lipinski definition) is 2. The zero-order chi connectivity index (χ0) is 20.8. The monoisotopic (exact) mass is 515 g/mol. The summed E-state index contributed by atoms with van der Waals surface area (Å²) in [5.74, 6) is 0.892. The fraction of sp³-hybridized carbons (Fsp3) is 0.545. The first kappa shape index (κ1) is 27.4. The summed E-state index contributed by atoms with van der Waals surface area (Å²) < 4.78 is 0. The highest BCUT2D eigenvalue weighted by atomic mass is 127. The summed E-state index contributed by atoms with van der Waals surface area (Å²) in [4.78, 5) is 20.7. The molecule has 0 aromatic heterocycles. The fourth-order valence-corrected chi connectivity index (χ4v) is 2.79. The normalized spacial score (nSPS) is 11.0. The molecular weight excluding hydrogens is 477 g/mol. The van der Waals surface area contributed by atoms with E-state index < -0.39 is 0 Å². The SMILES string of the molecule is C=CCCCCCN(C)C(=NCc1cccc(NC(=O)CN(C)C)c1)NCC.I. The van der Waals surface area contributed by atoms with E-state index >= 15 is 0 Å². The van der Waals surface area contributed by atoms with Crippen molar-refractivity contribution in [3.63, 3.8) is 0 Å². The largest absolute Gasteiger partial charge is 0.357 e. The predicted octanol–water partition coefficient (Wildman–Crippen LogP) is 3.95. The van der Waals surface area contributed by atoms with E-state index in [1.54, 1.807) is 0 Å². The summed E-state index contributed by atoms with van der Waals surface area (Å²) in [6, 6.07) is 7.87. The second-order valence-electron chi connectivity index (χ2n) is 7.22. The van der Waals surface area contributed by atoms with Gasteiger partial charge in [0.1, 0.15) is 0 Å². The predicted molar refractivity (Wildman–Crippen MR) is 135 cm³/mol. The smallest absolute Gasteiger partial charge is 0.238 e. The lowest BCUT2D eigenvalue weighted by atomic mass is 10.2. The lowest BCUT2D eigenvalue weighted by molar-refractivity contribution is -0.116. The number of aliphatic imine (C=N–C) groups is 1. The number of hydrogen-bond acceptors (Lipinski definition) is 3. The van der Waals surface area contributed by atoms with Crippen molar-refractivity contribution in [3.8, 4) is 0 Å². The van der Waals surface area contributed by atoms with Gasteiger partial charge < -0.3 is 20.4 Å². The van der Waals surface area contributed by atoms with Crippen molar-refractivity contribution in [2.45, 2.75) is 39.2 Å². The first-order chi connectivity index (χ1) is 13.5. The van der Waals surface area contributed by atoms with Crippen LogP contribution >= 0.6 is 24.0 Å². The zero-order valence-corrected chi connectivity index (χ0v) is 20.7. The molecule has 0 bridgehead atoms. The Morgan fingerprint density at radius 3 is 2.62 bits per heavy atom. The molecule has 0 fully saturated rings. The number of halogens is 1. The Kier molecular flexibility index (Phi) is 15.3. The molecule has 0 atom stereocenters. The van der Waals surface area contributed by atoms with E-state index in [0.29, 0.717) is 13.1 Å². The molecule has 0 aliphatic carbocycles. The Morgan fingerprint density at radius 2 is 1.97 bits per heavy atom. The number of rotatable bonds is 12. The van der Waals surface area contributed by atoms with Crippen LogP contribution in [-0.4, -0.2) is 62.4 Å². The van der Waals surface area contributed by atoms with Gasteiger partial charge in [0.05, 0.1) is 13.1 Å². The van der Waals surface area contributed by atoms with Crippen molar-refractivity contribution in [1.82, 2.24) is 15.1 Å². The summed E-state index contributed by atoms with van der Waals surface area (Å²) in [6.45, 7) is 8.59. The topological polar surface area (TPSA) is 60.0 Å². The van der Waals surface area contributed by atoms with E-state index in [1.807, 2.05) is 49.3 Å². The first-order valence-electron chi connectivity index (χ1n) is 10.1. The summed E-state index contributed by atoms with van der Waals surface area (Å²) in [5.41, 5.74) is 1.87. The maximum absolute atomic E-state index is 11.9. The molecule has 0 aliphatic heterocycles. The number of amides is 1. The van der Waals surface area contributed by atoms with Crippen LogP contribution in [0.5, 0.6) is 0 Å². The van der Waals surface area contributed by atoms with Gasteiger partial charge in [0.15, 0.2) is 5.96 Å². The molecule has 0 radical (unpaired) electrons. The van der Waals surface area contributed by atoms with Crippen LogP contribution in [0.4, 0.5) is 5.69 Å². The van der Waals surface area contributed by atoms with Crippen LogP contribution in [0.25, 0.3) is 0 Å². The number of carbonyl (C=O) groups excluding carboxylic acids is 1. The van der Waals surface area contributed by atoms with Crippen LogP contribution in [0.3, 0.4) is 0 Å². The van der Waals surface area contributed by atoms with Crippen molar-refractivity contribution in [2.75, 3.05) is 46.1 Å². The quantitative estimate of drug-likeness (QED) is 0.146. The number of guanidine groups is 1. The maximum atomic E-state index is 11.9. The Balaban J connectivity index is 0.00000784. The van der Waals surface area contributed by atoms with Gasteiger partial charge in [0.25, 0.3) is 0 Å². The third-order valence-electron chi connectivity index (χ3n) is 4.18. The van der Waals surface area contributed by atoms with Crippen LogP contribution in [0.15, 0.2) is 41.9 Å². The van der Waals surface area contributed by atoms with Gasteiger partial charge >= 0.3 is 0 Å². The minimum Gasteiger partial charge on any atom is -0.357 e. The number of allylic oxidation sites excluding steroid dienone is 1. The van der Waals surface area contributed by atoms with Crippen LogP contribution < -0.4 is 10.6 Å². The van der Waals surface area contributed by atoms with Crippen LogP contribution in [0, 0.1) is 0 Å². The van der Waals surface area contributed by atoms with E-state index in [2.05, 4.69) is 36.1 Å². The average Bonchev–Trinajstić information content (AvgIpc) is 2.64. The Hall–Kier alpha value is -1.61. The third-order valence-corrected chi connectivity index (χ3v) is 4.18. The Morgan fingerprint density at radius 1 is 1.21 bits per heavy atom. The molecule has 0 spiro atoms. The van der Waals surface area contributed by atoms with Crippen LogP contribution in [0.1, 0.15) is 38.2 Å². The van der Waals surface area contributed by atoms with Crippen molar-refractivity contribution in [1.29, 1.82) is 0 Å². The number of carbonyl (C=O) groups is 1. The van der Waals surface area contributed by atoms with E-state index in [4.69, 9.17) is 4.99 Å². The van der Waals surface area contributed by atoms with Gasteiger partial charge in [0.2, 0.25) is 5.91 Å². The molecule has 29 heavy (non-hydrogen) atoms. The Bertz CT molecular complexity index is 633. The number of likely N-dealkylation sites (N-methyl/N-ethyl adjacent to an activating group) is 1. The number of benzene rings is 1. The van der Waals surface area contributed by atoms with E-state index in [9.17, 15) is 4.79 Å². The molecule has 0 heterocycles. The molecular formula is C22H38IN5O. The van der Waals surface area contributed by atoms with Gasteiger partial charge in [-0.1, -0.05) is 24.6 Å². The van der Waals surface area contributed by atoms with Crippen LogP contribution in [-0.2, 0) is 11.3 Å². The summed E-state index contributed by atoms with van der Waals surface area (Å²) >= 11 is 0. The molecule has 0 unspecified atom stereocenters. The van der Waals surface area contributed by atoms with Gasteiger partial charge in [0, 0.05) is 25.8 Å². The second kappa shape index (κ2) is 16.2. The van der Waals surface area contributed by atoms with Crippen molar-refractivity contribution < 1.29 is 4.79 Å². The minimum atomic E-state index is -0.0184. The number of anilines is 1. The summed E-state index contributed by atoms with van der Waals surface area (Å²) in [6.07, 6.45) is 6.59. The molecule has 164 valence electrons. The standard InChI is InChI=1S/C22H37N5O.HI/c1-6-8-9-10-11-15-27(5)22(23-7-2)24-17-19-13-12-14-20(16-19)25-21(28)18-26(3)4;/h6,12-14,16H,1,7-11,15,17-18H2,2-5H3,(H,23,24)(H,25,28);1H. The average molecular weight is 515 g/mol. The van der Waals surface area contributed by atoms with Crippen LogP contribution in [0.2, 0.25) is 0 Å². The highest BCUT2D eigenvalue weighted by Crippen LogP contribution is 2.12. The van der Waals surface area contributed by atoms with E-state index in [-0.39, 0.29) is 29.9 Å². The highest BCUT2D eigenvalue weighted by Gasteiger charge is 2.07. The zero-order valence-electron chi connectivity index (χ0n) is 18.4. The highest BCUT2D eigenvalue weighted by molar-refractivity contribution is 14.0. The first-order valence-corrected chi connectivity index (χ1v) is 10.1. The van der Waals surface area contributed by atoms with Gasteiger partial charge in [-0.2, -0.15) is 0 Å². The fourth-order valence-electron chi connectivity index (χ4n) is 2.79. The third kappa shape index (κ3) is 12.5. The molecule has 1 rings (SSSR count). The Labute approximate surface area is 193 Å². The number of nitrogens with zero attached hydrogens (tertiary/aromatic N) is 3. The van der Waals surface area contributed by atoms with E-state index in [1.165, 1.54) is 12.8 Å². The molecule has 2 N–H and O–H groups in total. The minimum absolute atomic E-state index is 0. The molecule has 1 aromatic carbocycles. The molecule has 6 nitrogen and oxygen atoms in total. The van der Waals surface area contributed by atoms with Crippen molar-refractivity contribution in [3.05, 3.63) is 42.5 Å². The molecule has 0 saturated carbocycles. The molecule has 1 amide bonds. The number of nitrogens with one attached hydrogen (secondary N) is 2. The van der Waals surface area contributed by atoms with Crippen molar-refractivity contribution >= 4 is 41.5 Å². The van der Waals surface area contributed by atoms with Gasteiger partial charge in [-0.05, 0) is 58.0 Å². The number of unbranched alkanes of at least 4 members (excludes halogenated alkanes) is 3. The second-order valence-corrected chi connectivity index (χ2v) is 7.22. The van der Waals surface area contributed by atoms with Gasteiger partial charge in [-0.3, -0.25) is 4.79 Å². The summed E-state index contributed by atoms with van der Waals surface area (Å²) in [5, 5.41) is 6.29. The van der Waals surface area contributed by atoms with Gasteiger partial charge in [-0.15, -0.1) is 30.6 Å². The maximum Gasteiger partial charge on any atom is 0.238 e. The lowest BCUT2D eigenvalue weighted by Gasteiger charge is -2.22. The molecule has 0 saturated heterocycles. The molecule has 0 aliphatic rings. The van der Waals surface area contributed by atoms with Crippen molar-refractivity contribution in [2.24, 2.45) is 4.99 Å². The molecule has 7 heteroatoms. The lowest BCUT2D eigenvalue weighted by Crippen LogP contribution is -2.39. The molecule has 1 aromatic rings. The van der Waals surface area contributed by atoms with E-state index in [0.717, 1.165) is 43.1 Å². The summed E-state index contributed by atoms with van der Waals surface area (Å²) in [7, 11) is 5.83. The van der Waals surface area contributed by atoms with Gasteiger partial charge in [-0.25, -0.2) is 4.99 Å².